The van der Waals surface area contributed by atoms with Gasteiger partial charge in [0.15, 0.2) is 0 Å². The number of carbonyl (C=O) groups is 1. The molecule has 0 unspecified atom stereocenters. The number of sulfonamides is 1. The predicted octanol–water partition coefficient (Wildman–Crippen LogP) is 3.69. The smallest absolute Gasteiger partial charge is 0.288 e. The zero-order valence-corrected chi connectivity index (χ0v) is 14.5. The van der Waals surface area contributed by atoms with Gasteiger partial charge in [0, 0.05) is 17.0 Å². The van der Waals surface area contributed by atoms with E-state index in [1.807, 2.05) is 0 Å². The number of anilines is 2. The quantitative estimate of drug-likeness (QED) is 0.771. The number of hydrogen-bond acceptors (Lipinski definition) is 4. The minimum absolute atomic E-state index is 0.0132. The minimum Gasteiger partial charge on any atom is -0.326 e. The van der Waals surface area contributed by atoms with Crippen LogP contribution >= 0.6 is 11.8 Å². The third-order valence-electron chi connectivity index (χ3n) is 3.63. The molecular formula is C16H14F2N2O3S2. The number of nitrogens with one attached hydrogen (secondary N) is 2. The zero-order valence-electron chi connectivity index (χ0n) is 12.8. The van der Waals surface area contributed by atoms with Crippen molar-refractivity contribution in [3.8, 4) is 0 Å². The maximum absolute atomic E-state index is 12.6. The second-order valence-electron chi connectivity index (χ2n) is 5.35. The van der Waals surface area contributed by atoms with E-state index >= 15 is 0 Å². The van der Waals surface area contributed by atoms with Crippen LogP contribution in [0.15, 0.2) is 52.3 Å². The van der Waals surface area contributed by atoms with E-state index in [1.54, 1.807) is 12.1 Å². The van der Waals surface area contributed by atoms with Crippen LogP contribution in [-0.4, -0.2) is 20.1 Å². The normalized spacial score (nSPS) is 14.1. The second kappa shape index (κ2) is 7.01. The molecule has 9 heteroatoms. The lowest BCUT2D eigenvalue weighted by Gasteiger charge is -2.18. The highest BCUT2D eigenvalue weighted by Gasteiger charge is 2.21. The Hall–Kier alpha value is -2.13. The number of thioether (sulfide) groups is 1. The number of carbonyl (C=O) groups excluding carboxylic acids is 1. The number of para-hydroxylation sites is 1. The van der Waals surface area contributed by atoms with Crippen LogP contribution < -0.4 is 10.0 Å². The van der Waals surface area contributed by atoms with Crippen molar-refractivity contribution in [1.82, 2.24) is 0 Å². The van der Waals surface area contributed by atoms with Gasteiger partial charge in [-0.1, -0.05) is 23.9 Å². The molecule has 0 aliphatic carbocycles. The Morgan fingerprint density at radius 3 is 2.64 bits per heavy atom. The summed E-state index contributed by atoms with van der Waals surface area (Å²) in [4.78, 5) is 11.5. The van der Waals surface area contributed by atoms with E-state index in [0.29, 0.717) is 12.1 Å². The van der Waals surface area contributed by atoms with Crippen molar-refractivity contribution in [3.63, 3.8) is 0 Å². The van der Waals surface area contributed by atoms with Crippen molar-refractivity contribution in [2.45, 2.75) is 28.4 Å². The van der Waals surface area contributed by atoms with Gasteiger partial charge in [-0.2, -0.15) is 8.78 Å². The summed E-state index contributed by atoms with van der Waals surface area (Å²) < 4.78 is 52.8. The van der Waals surface area contributed by atoms with Crippen LogP contribution in [-0.2, 0) is 21.2 Å². The number of aryl methyl sites for hydroxylation is 1. The van der Waals surface area contributed by atoms with E-state index in [4.69, 9.17) is 0 Å². The molecule has 0 saturated heterocycles. The molecule has 5 nitrogen and oxygen atoms in total. The average Bonchev–Trinajstić information content (AvgIpc) is 2.55. The van der Waals surface area contributed by atoms with Crippen LogP contribution in [0.4, 0.5) is 20.2 Å². The van der Waals surface area contributed by atoms with Gasteiger partial charge in [-0.25, -0.2) is 8.42 Å². The molecule has 1 aliphatic heterocycles. The van der Waals surface area contributed by atoms with Gasteiger partial charge in [-0.3, -0.25) is 9.52 Å². The fourth-order valence-corrected chi connectivity index (χ4v) is 4.27. The van der Waals surface area contributed by atoms with Crippen LogP contribution in [0.2, 0.25) is 0 Å². The Labute approximate surface area is 147 Å². The molecule has 1 amide bonds. The first-order valence-electron chi connectivity index (χ1n) is 7.34. The first-order valence-corrected chi connectivity index (χ1v) is 9.71. The molecule has 3 rings (SSSR count). The number of hydrogen-bond donors (Lipinski definition) is 2. The lowest BCUT2D eigenvalue weighted by atomic mass is 10.0. The standard InChI is InChI=1S/C16H14F2N2O3S2/c17-16(18)24-14-4-2-1-3-13(14)20-25(22,23)11-6-7-12-10(9-11)5-8-15(21)19-12/h1-4,6-7,9,16,20H,5,8H2,(H,19,21). The van der Waals surface area contributed by atoms with E-state index in [2.05, 4.69) is 10.0 Å². The molecule has 25 heavy (non-hydrogen) atoms. The Morgan fingerprint density at radius 1 is 1.12 bits per heavy atom. The highest BCUT2D eigenvalue weighted by molar-refractivity contribution is 7.99. The molecule has 132 valence electrons. The van der Waals surface area contributed by atoms with Crippen molar-refractivity contribution < 1.29 is 22.0 Å². The van der Waals surface area contributed by atoms with Crippen molar-refractivity contribution in [3.05, 3.63) is 48.0 Å². The van der Waals surface area contributed by atoms with E-state index in [0.717, 1.165) is 5.56 Å². The lowest BCUT2D eigenvalue weighted by Crippen LogP contribution is -2.20. The number of halogens is 2. The molecule has 0 aromatic heterocycles. The third-order valence-corrected chi connectivity index (χ3v) is 5.78. The molecule has 0 bridgehead atoms. The summed E-state index contributed by atoms with van der Waals surface area (Å²) in [6.07, 6.45) is 0.736. The van der Waals surface area contributed by atoms with Crippen LogP contribution in [0.3, 0.4) is 0 Å². The summed E-state index contributed by atoms with van der Waals surface area (Å²) >= 11 is 0.276. The van der Waals surface area contributed by atoms with Crippen LogP contribution in [0.25, 0.3) is 0 Å². The lowest BCUT2D eigenvalue weighted by molar-refractivity contribution is -0.116. The van der Waals surface area contributed by atoms with Gasteiger partial charge in [0.1, 0.15) is 0 Å². The largest absolute Gasteiger partial charge is 0.326 e. The molecule has 1 aliphatic rings. The van der Waals surface area contributed by atoms with Crippen LogP contribution in [0.5, 0.6) is 0 Å². The average molecular weight is 384 g/mol. The zero-order chi connectivity index (χ0) is 18.0. The van der Waals surface area contributed by atoms with Gasteiger partial charge in [0.05, 0.1) is 10.6 Å². The molecular weight excluding hydrogens is 370 g/mol. The molecule has 0 atom stereocenters. The monoisotopic (exact) mass is 384 g/mol. The van der Waals surface area contributed by atoms with Crippen molar-refractivity contribution in [2.24, 2.45) is 0 Å². The van der Waals surface area contributed by atoms with Crippen molar-refractivity contribution in [2.75, 3.05) is 10.0 Å². The van der Waals surface area contributed by atoms with E-state index in [1.165, 1.54) is 30.3 Å². The van der Waals surface area contributed by atoms with Gasteiger partial charge in [-0.15, -0.1) is 0 Å². The van der Waals surface area contributed by atoms with Gasteiger partial charge in [0.2, 0.25) is 5.91 Å². The van der Waals surface area contributed by atoms with Crippen LogP contribution in [0, 0.1) is 0 Å². The number of amides is 1. The minimum atomic E-state index is -3.94. The molecule has 2 aromatic rings. The third kappa shape index (κ3) is 4.10. The van der Waals surface area contributed by atoms with Crippen molar-refractivity contribution in [1.29, 1.82) is 0 Å². The Kier molecular flexibility index (Phi) is 4.96. The van der Waals surface area contributed by atoms with Gasteiger partial charge in [-0.05, 0) is 42.3 Å². The van der Waals surface area contributed by atoms with Gasteiger partial charge >= 0.3 is 0 Å². The summed E-state index contributed by atoms with van der Waals surface area (Å²) in [5, 5.41) is 2.68. The molecule has 0 fully saturated rings. The van der Waals surface area contributed by atoms with E-state index < -0.39 is 15.8 Å². The van der Waals surface area contributed by atoms with E-state index in [9.17, 15) is 22.0 Å². The number of alkyl halides is 2. The number of fused-ring (bicyclic) bond motifs is 1. The van der Waals surface area contributed by atoms with Gasteiger partial charge < -0.3 is 5.32 Å². The number of benzene rings is 2. The molecule has 1 heterocycles. The molecule has 0 radical (unpaired) electrons. The Balaban J connectivity index is 1.89. The Morgan fingerprint density at radius 2 is 1.88 bits per heavy atom. The summed E-state index contributed by atoms with van der Waals surface area (Å²) in [5.74, 6) is -2.77. The fourth-order valence-electron chi connectivity index (χ4n) is 2.48. The van der Waals surface area contributed by atoms with Gasteiger partial charge in [0.25, 0.3) is 15.8 Å². The fraction of sp³-hybridized carbons (Fsp3) is 0.188. The SMILES string of the molecule is O=C1CCc2cc(S(=O)(=O)Nc3ccccc3SC(F)F)ccc2N1. The maximum Gasteiger partial charge on any atom is 0.288 e. The molecule has 0 saturated carbocycles. The van der Waals surface area contributed by atoms with Crippen molar-refractivity contribution >= 4 is 39.1 Å². The summed E-state index contributed by atoms with van der Waals surface area (Å²) in [6.45, 7) is 0. The highest BCUT2D eigenvalue weighted by Crippen LogP contribution is 2.33. The molecule has 2 N–H and O–H groups in total. The summed E-state index contributed by atoms with van der Waals surface area (Å²) in [6, 6.07) is 10.4. The topological polar surface area (TPSA) is 75.3 Å². The first-order chi connectivity index (χ1) is 11.8. The summed E-state index contributed by atoms with van der Waals surface area (Å²) in [7, 11) is -3.94. The highest BCUT2D eigenvalue weighted by atomic mass is 32.2. The number of rotatable bonds is 5. The molecule has 0 spiro atoms. The van der Waals surface area contributed by atoms with Crippen LogP contribution in [0.1, 0.15) is 12.0 Å². The predicted molar refractivity (Wildman–Crippen MR) is 92.5 cm³/mol. The maximum atomic E-state index is 12.6. The van der Waals surface area contributed by atoms with E-state index in [-0.39, 0.29) is 39.6 Å². The Bertz CT molecular complexity index is 917. The molecule has 2 aromatic carbocycles. The first kappa shape index (κ1) is 17.7. The second-order valence-corrected chi connectivity index (χ2v) is 8.06. The summed E-state index contributed by atoms with van der Waals surface area (Å²) in [5.41, 5.74) is 1.40.